The van der Waals surface area contributed by atoms with Crippen LogP contribution in [0.25, 0.3) is 0 Å². The van der Waals surface area contributed by atoms with Crippen molar-refractivity contribution in [2.45, 2.75) is 37.5 Å². The van der Waals surface area contributed by atoms with Crippen LogP contribution in [0.3, 0.4) is 0 Å². The van der Waals surface area contributed by atoms with E-state index in [9.17, 15) is 15.0 Å². The Labute approximate surface area is 93.4 Å². The van der Waals surface area contributed by atoms with Gasteiger partial charge in [-0.3, -0.25) is 10.1 Å². The second-order valence-electron chi connectivity index (χ2n) is 3.77. The van der Waals surface area contributed by atoms with Crippen molar-refractivity contribution in [2.24, 2.45) is 0 Å². The van der Waals surface area contributed by atoms with E-state index in [0.717, 1.165) is 0 Å². The van der Waals surface area contributed by atoms with Crippen molar-refractivity contribution in [3.05, 3.63) is 0 Å². The van der Waals surface area contributed by atoms with Gasteiger partial charge in [0.15, 0.2) is 0 Å². The van der Waals surface area contributed by atoms with Gasteiger partial charge in [0.05, 0.1) is 12.6 Å². The van der Waals surface area contributed by atoms with Gasteiger partial charge in [-0.05, 0) is 7.05 Å². The topological polar surface area (TPSA) is 111 Å². The monoisotopic (exact) mass is 234 g/mol. The molecular weight excluding hydrogens is 216 g/mol. The van der Waals surface area contributed by atoms with E-state index in [2.05, 4.69) is 10.6 Å². The molecule has 1 heterocycles. The number of likely N-dealkylation sites (N-methyl/N-ethyl adjacent to an activating group) is 1. The summed E-state index contributed by atoms with van der Waals surface area (Å²) in [6, 6.07) is -0.750. The fraction of sp³-hybridized carbons (Fsp3) is 0.889. The molecule has 0 bridgehead atoms. The van der Waals surface area contributed by atoms with E-state index in [-0.39, 0.29) is 5.91 Å². The molecule has 0 saturated carbocycles. The van der Waals surface area contributed by atoms with E-state index in [1.54, 1.807) is 7.05 Å². The maximum absolute atomic E-state index is 10.9. The number of hydrogen-bond acceptors (Lipinski definition) is 6. The summed E-state index contributed by atoms with van der Waals surface area (Å²) in [4.78, 5) is 10.9. The first-order chi connectivity index (χ1) is 7.51. The lowest BCUT2D eigenvalue weighted by atomic mass is 9.96. The van der Waals surface area contributed by atoms with Crippen molar-refractivity contribution in [1.29, 1.82) is 0 Å². The van der Waals surface area contributed by atoms with E-state index >= 15 is 0 Å². The van der Waals surface area contributed by atoms with Crippen molar-refractivity contribution < 1.29 is 24.9 Å². The molecule has 0 spiro atoms. The molecular formula is C9H18N2O5. The van der Waals surface area contributed by atoms with E-state index in [1.165, 1.54) is 6.92 Å². The summed E-state index contributed by atoms with van der Waals surface area (Å²) in [5.74, 6) is -0.331. The average Bonchev–Trinajstić information content (AvgIpc) is 2.25. The third-order valence-electron chi connectivity index (χ3n) is 2.58. The highest BCUT2D eigenvalue weighted by Crippen LogP contribution is 2.19. The molecule has 0 aromatic rings. The van der Waals surface area contributed by atoms with Gasteiger partial charge < -0.3 is 25.4 Å². The van der Waals surface area contributed by atoms with E-state index in [4.69, 9.17) is 9.84 Å². The number of ether oxygens (including phenoxy) is 1. The Hall–Kier alpha value is -0.730. The van der Waals surface area contributed by atoms with Gasteiger partial charge in [0, 0.05) is 6.92 Å². The summed E-state index contributed by atoms with van der Waals surface area (Å²) in [5.41, 5.74) is 0. The SMILES string of the molecule is CNC1O[C@H](CO)[C@@H](O)[C@H](O)C1NC(C)=O. The van der Waals surface area contributed by atoms with Crippen molar-refractivity contribution in [1.82, 2.24) is 10.6 Å². The third-order valence-corrected chi connectivity index (χ3v) is 2.58. The number of hydrogen-bond donors (Lipinski definition) is 5. The lowest BCUT2D eigenvalue weighted by Gasteiger charge is -2.42. The molecule has 1 fully saturated rings. The number of nitrogens with one attached hydrogen (secondary N) is 2. The summed E-state index contributed by atoms with van der Waals surface area (Å²) < 4.78 is 5.30. The highest BCUT2D eigenvalue weighted by Gasteiger charge is 2.43. The van der Waals surface area contributed by atoms with Gasteiger partial charge in [-0.2, -0.15) is 0 Å². The Balaban J connectivity index is 2.77. The smallest absolute Gasteiger partial charge is 0.217 e. The number of aliphatic hydroxyl groups is 3. The molecule has 0 aromatic carbocycles. The van der Waals surface area contributed by atoms with E-state index in [0.29, 0.717) is 0 Å². The predicted molar refractivity (Wildman–Crippen MR) is 54.4 cm³/mol. The molecule has 16 heavy (non-hydrogen) atoms. The molecule has 5 atom stereocenters. The first kappa shape index (κ1) is 13.3. The van der Waals surface area contributed by atoms with Gasteiger partial charge in [-0.15, -0.1) is 0 Å². The van der Waals surface area contributed by atoms with Crippen molar-refractivity contribution >= 4 is 5.91 Å². The maximum atomic E-state index is 10.9. The molecule has 1 aliphatic heterocycles. The quantitative estimate of drug-likeness (QED) is 0.359. The van der Waals surface area contributed by atoms with Gasteiger partial charge >= 0.3 is 0 Å². The zero-order valence-corrected chi connectivity index (χ0v) is 9.25. The zero-order chi connectivity index (χ0) is 12.3. The first-order valence-corrected chi connectivity index (χ1v) is 5.08. The minimum absolute atomic E-state index is 0.331. The van der Waals surface area contributed by atoms with Gasteiger partial charge in [0.2, 0.25) is 5.91 Å². The minimum atomic E-state index is -1.23. The average molecular weight is 234 g/mol. The van der Waals surface area contributed by atoms with Gasteiger partial charge in [-0.1, -0.05) is 0 Å². The summed E-state index contributed by atoms with van der Waals surface area (Å²) >= 11 is 0. The minimum Gasteiger partial charge on any atom is -0.394 e. The molecule has 7 nitrogen and oxygen atoms in total. The van der Waals surface area contributed by atoms with Crippen LogP contribution in [0.15, 0.2) is 0 Å². The van der Waals surface area contributed by atoms with E-state index < -0.39 is 37.2 Å². The second-order valence-corrected chi connectivity index (χ2v) is 3.77. The van der Waals surface area contributed by atoms with Crippen LogP contribution in [-0.4, -0.2) is 65.5 Å². The summed E-state index contributed by atoms with van der Waals surface area (Å²) in [6.45, 7) is 0.910. The van der Waals surface area contributed by atoms with Crippen molar-refractivity contribution in [3.8, 4) is 0 Å². The van der Waals surface area contributed by atoms with Crippen LogP contribution in [0.1, 0.15) is 6.92 Å². The summed E-state index contributed by atoms with van der Waals surface area (Å²) in [6.07, 6.45) is -3.93. The molecule has 0 aromatic heterocycles. The van der Waals surface area contributed by atoms with Gasteiger partial charge in [-0.25, -0.2) is 0 Å². The Kier molecular flexibility index (Phi) is 4.63. The number of aliphatic hydroxyl groups excluding tert-OH is 3. The molecule has 1 rings (SSSR count). The number of carbonyl (C=O) groups excluding carboxylic acids is 1. The molecule has 94 valence electrons. The third kappa shape index (κ3) is 2.69. The number of rotatable bonds is 3. The van der Waals surface area contributed by atoms with Gasteiger partial charge in [0.25, 0.3) is 0 Å². The van der Waals surface area contributed by atoms with Crippen LogP contribution >= 0.6 is 0 Å². The Morgan fingerprint density at radius 3 is 2.44 bits per heavy atom. The highest BCUT2D eigenvalue weighted by atomic mass is 16.5. The Bertz CT molecular complexity index is 248. The van der Waals surface area contributed by atoms with Crippen molar-refractivity contribution in [3.63, 3.8) is 0 Å². The molecule has 1 amide bonds. The van der Waals surface area contributed by atoms with Crippen molar-refractivity contribution in [2.75, 3.05) is 13.7 Å². The molecule has 5 N–H and O–H groups in total. The predicted octanol–water partition coefficient (Wildman–Crippen LogP) is -2.85. The van der Waals surface area contributed by atoms with Crippen LogP contribution < -0.4 is 10.6 Å². The molecule has 2 unspecified atom stereocenters. The van der Waals surface area contributed by atoms with Crippen LogP contribution in [0.4, 0.5) is 0 Å². The second kappa shape index (κ2) is 5.55. The fourth-order valence-electron chi connectivity index (χ4n) is 1.76. The molecule has 7 heteroatoms. The summed E-state index contributed by atoms with van der Waals surface area (Å²) in [7, 11) is 1.60. The highest BCUT2D eigenvalue weighted by molar-refractivity contribution is 5.73. The van der Waals surface area contributed by atoms with Gasteiger partial charge in [0.1, 0.15) is 24.5 Å². The fourth-order valence-corrected chi connectivity index (χ4v) is 1.76. The van der Waals surface area contributed by atoms with Crippen LogP contribution in [0, 0.1) is 0 Å². The van der Waals surface area contributed by atoms with E-state index in [1.807, 2.05) is 0 Å². The normalized spacial score (nSPS) is 39.4. The first-order valence-electron chi connectivity index (χ1n) is 5.08. The zero-order valence-electron chi connectivity index (χ0n) is 9.25. The lowest BCUT2D eigenvalue weighted by molar-refractivity contribution is -0.201. The molecule has 1 saturated heterocycles. The Morgan fingerprint density at radius 2 is 2.00 bits per heavy atom. The molecule has 0 radical (unpaired) electrons. The number of carbonyl (C=O) groups is 1. The largest absolute Gasteiger partial charge is 0.394 e. The number of amides is 1. The van der Waals surface area contributed by atoms with Crippen LogP contribution in [-0.2, 0) is 9.53 Å². The summed E-state index contributed by atoms with van der Waals surface area (Å²) in [5, 5.41) is 33.6. The van der Waals surface area contributed by atoms with Crippen LogP contribution in [0.2, 0.25) is 0 Å². The van der Waals surface area contributed by atoms with Crippen LogP contribution in [0.5, 0.6) is 0 Å². The molecule has 0 aliphatic carbocycles. The molecule has 1 aliphatic rings. The maximum Gasteiger partial charge on any atom is 0.217 e. The lowest BCUT2D eigenvalue weighted by Crippen LogP contribution is -2.66. The standard InChI is InChI=1S/C9H18N2O5/c1-4(13)11-6-8(15)7(14)5(3-12)16-9(6)10-2/h5-10,12,14-15H,3H2,1-2H3,(H,11,13)/t5-,6?,7-,8-,9?/m1/s1. The Morgan fingerprint density at radius 1 is 1.38 bits per heavy atom.